The van der Waals surface area contributed by atoms with Crippen LogP contribution < -0.4 is 0 Å². The molecule has 0 spiro atoms. The van der Waals surface area contributed by atoms with Crippen molar-refractivity contribution in [2.45, 2.75) is 18.9 Å². The molecule has 0 N–H and O–H groups in total. The second kappa shape index (κ2) is 9.41. The maximum absolute atomic E-state index is 13.8. The van der Waals surface area contributed by atoms with Crippen LogP contribution in [0.15, 0.2) is 60.7 Å². The molecule has 0 aromatic heterocycles. The lowest BCUT2D eigenvalue weighted by atomic mass is 9.85. The lowest BCUT2D eigenvalue weighted by Crippen LogP contribution is -2.58. The van der Waals surface area contributed by atoms with Crippen molar-refractivity contribution >= 4 is 58.3 Å². The highest BCUT2D eigenvalue weighted by atomic mass is 35.5. The normalized spacial score (nSPS) is 25.2. The van der Waals surface area contributed by atoms with Crippen LogP contribution in [0.2, 0.25) is 10.0 Å². The number of fused-ring (bicyclic) bond motifs is 5. The van der Waals surface area contributed by atoms with Crippen LogP contribution in [0.4, 0.5) is 0 Å². The van der Waals surface area contributed by atoms with Gasteiger partial charge in [0, 0.05) is 27.1 Å². The number of Topliss-reactive ketones (excluding diaryl/α,β-unsaturated/α-hetero) is 1. The number of allylic oxidation sites excluding steroid dienone is 2. The van der Waals surface area contributed by atoms with E-state index >= 15 is 0 Å². The van der Waals surface area contributed by atoms with Gasteiger partial charge in [0.1, 0.15) is 6.04 Å². The number of ketones is 1. The van der Waals surface area contributed by atoms with Crippen LogP contribution in [0.1, 0.15) is 33.6 Å². The number of hydrazine groups is 1. The molecule has 180 valence electrons. The molecular formula is C26H21Cl3N2O4. The number of carbonyl (C=O) groups is 4. The number of alkyl halides is 1. The van der Waals surface area contributed by atoms with E-state index in [4.69, 9.17) is 34.8 Å². The molecule has 0 unspecified atom stereocenters. The summed E-state index contributed by atoms with van der Waals surface area (Å²) >= 11 is 18.0. The van der Waals surface area contributed by atoms with E-state index in [0.29, 0.717) is 15.6 Å². The van der Waals surface area contributed by atoms with Crippen LogP contribution in [-0.2, 0) is 9.59 Å². The zero-order chi connectivity index (χ0) is 24.9. The molecule has 1 saturated carbocycles. The lowest BCUT2D eigenvalue weighted by Gasteiger charge is -2.36. The van der Waals surface area contributed by atoms with Crippen molar-refractivity contribution in [1.29, 1.82) is 0 Å². The first-order valence-corrected chi connectivity index (χ1v) is 12.6. The first-order chi connectivity index (χ1) is 16.8. The van der Waals surface area contributed by atoms with Gasteiger partial charge in [-0.15, -0.1) is 11.6 Å². The highest BCUT2D eigenvalue weighted by Crippen LogP contribution is 2.53. The standard InChI is InChI=1S/C26H21Cl3N2O4/c27-12-11-20(23(32)14-3-7-18(28)8-4-14)30(24(33)15-5-9-19(29)10-6-15)31-25(34)21-16-1-2-17(13-16)22(21)26(31)35/h1-10,16-17,20-22H,11-13H2/t16-,17-,20+,21-,22+/m0/s1. The van der Waals surface area contributed by atoms with Crippen LogP contribution in [0, 0.1) is 23.7 Å². The first-order valence-electron chi connectivity index (χ1n) is 11.3. The Morgan fingerprint density at radius 3 is 1.83 bits per heavy atom. The number of benzene rings is 2. The highest BCUT2D eigenvalue weighted by Gasteiger charge is 2.62. The number of nitrogens with zero attached hydrogens (tertiary/aromatic N) is 2. The van der Waals surface area contributed by atoms with Crippen molar-refractivity contribution in [1.82, 2.24) is 10.0 Å². The third kappa shape index (κ3) is 4.07. The minimum Gasteiger partial charge on any atom is -0.292 e. The Hall–Kier alpha value is -2.67. The molecule has 3 amide bonds. The molecule has 0 radical (unpaired) electrons. The summed E-state index contributed by atoms with van der Waals surface area (Å²) in [5.74, 6) is -3.12. The van der Waals surface area contributed by atoms with Crippen molar-refractivity contribution < 1.29 is 19.2 Å². The molecule has 6 nitrogen and oxygen atoms in total. The topological polar surface area (TPSA) is 74.8 Å². The van der Waals surface area contributed by atoms with Gasteiger partial charge in [0.05, 0.1) is 11.8 Å². The van der Waals surface area contributed by atoms with E-state index < -0.39 is 41.4 Å². The highest BCUT2D eigenvalue weighted by molar-refractivity contribution is 6.31. The van der Waals surface area contributed by atoms with E-state index in [9.17, 15) is 19.2 Å². The van der Waals surface area contributed by atoms with E-state index in [1.54, 1.807) is 24.3 Å². The number of hydrogen-bond donors (Lipinski definition) is 0. The molecule has 2 fully saturated rings. The van der Waals surface area contributed by atoms with Crippen molar-refractivity contribution in [3.8, 4) is 0 Å². The average Bonchev–Trinajstić information content (AvgIpc) is 3.54. The summed E-state index contributed by atoms with van der Waals surface area (Å²) in [6.07, 6.45) is 4.74. The van der Waals surface area contributed by atoms with Crippen molar-refractivity contribution in [3.05, 3.63) is 81.9 Å². The Kier molecular flexibility index (Phi) is 6.47. The van der Waals surface area contributed by atoms with Gasteiger partial charge in [0.2, 0.25) is 0 Å². The van der Waals surface area contributed by atoms with Crippen molar-refractivity contribution in [2.75, 3.05) is 5.88 Å². The molecule has 2 bridgehead atoms. The van der Waals surface area contributed by atoms with Gasteiger partial charge in [0.25, 0.3) is 17.7 Å². The molecular weight excluding hydrogens is 511 g/mol. The summed E-state index contributed by atoms with van der Waals surface area (Å²) in [4.78, 5) is 54.8. The van der Waals surface area contributed by atoms with Gasteiger partial charge >= 0.3 is 0 Å². The van der Waals surface area contributed by atoms with Gasteiger partial charge in [-0.05, 0) is 73.2 Å². The molecule has 1 saturated heterocycles. The van der Waals surface area contributed by atoms with E-state index in [0.717, 1.165) is 16.4 Å². The lowest BCUT2D eigenvalue weighted by molar-refractivity contribution is -0.157. The van der Waals surface area contributed by atoms with Crippen LogP contribution >= 0.6 is 34.8 Å². The van der Waals surface area contributed by atoms with E-state index in [1.807, 2.05) is 12.2 Å². The van der Waals surface area contributed by atoms with E-state index in [1.165, 1.54) is 24.3 Å². The van der Waals surface area contributed by atoms with E-state index in [2.05, 4.69) is 0 Å². The fraction of sp³-hybridized carbons (Fsp3) is 0.308. The smallest absolute Gasteiger partial charge is 0.273 e. The van der Waals surface area contributed by atoms with E-state index in [-0.39, 0.29) is 29.7 Å². The third-order valence-electron chi connectivity index (χ3n) is 7.07. The number of rotatable bonds is 7. The molecule has 5 atom stereocenters. The van der Waals surface area contributed by atoms with Crippen LogP contribution in [0.25, 0.3) is 0 Å². The maximum atomic E-state index is 13.8. The predicted molar refractivity (Wildman–Crippen MR) is 132 cm³/mol. The average molecular weight is 532 g/mol. The number of imide groups is 1. The van der Waals surface area contributed by atoms with Crippen molar-refractivity contribution in [3.63, 3.8) is 0 Å². The van der Waals surface area contributed by atoms with Gasteiger partial charge in [0.15, 0.2) is 5.78 Å². The molecule has 2 aromatic rings. The van der Waals surface area contributed by atoms with Crippen LogP contribution in [0.5, 0.6) is 0 Å². The zero-order valence-corrected chi connectivity index (χ0v) is 20.7. The Morgan fingerprint density at radius 2 is 1.34 bits per heavy atom. The molecule has 2 aromatic carbocycles. The maximum Gasteiger partial charge on any atom is 0.273 e. The quantitative estimate of drug-likeness (QED) is 0.217. The van der Waals surface area contributed by atoms with Gasteiger partial charge < -0.3 is 0 Å². The summed E-state index contributed by atoms with van der Waals surface area (Å²) in [7, 11) is 0. The Bertz CT molecular complexity index is 1200. The monoisotopic (exact) mass is 530 g/mol. The fourth-order valence-corrected chi connectivity index (χ4v) is 5.93. The number of hydrogen-bond acceptors (Lipinski definition) is 4. The molecule has 1 heterocycles. The van der Waals surface area contributed by atoms with Gasteiger partial charge in [-0.2, -0.15) is 5.01 Å². The first kappa shape index (κ1) is 24.0. The minimum atomic E-state index is -1.17. The molecule has 3 aliphatic rings. The minimum absolute atomic E-state index is 0.0320. The SMILES string of the molecule is O=C(c1ccc(Cl)cc1)[C@@H](CCCl)N(C(=O)c1ccc(Cl)cc1)N1C(=O)[C@@H]2[C@H](C1=O)[C@H]1C=C[C@H]2C1. The molecule has 9 heteroatoms. The molecule has 5 rings (SSSR count). The second-order valence-electron chi connectivity index (χ2n) is 9.01. The Labute approximate surface area is 217 Å². The van der Waals surface area contributed by atoms with Gasteiger partial charge in [-0.25, -0.2) is 5.01 Å². The third-order valence-corrected chi connectivity index (χ3v) is 7.79. The largest absolute Gasteiger partial charge is 0.292 e. The fourth-order valence-electron chi connectivity index (χ4n) is 5.47. The summed E-state index contributed by atoms with van der Waals surface area (Å²) < 4.78 is 0. The molecule has 35 heavy (non-hydrogen) atoms. The van der Waals surface area contributed by atoms with Crippen LogP contribution in [-0.4, -0.2) is 45.4 Å². The Balaban J connectivity index is 1.59. The summed E-state index contributed by atoms with van der Waals surface area (Å²) in [6, 6.07) is 11.1. The van der Waals surface area contributed by atoms with Gasteiger partial charge in [-0.1, -0.05) is 35.4 Å². The number of halogens is 3. The molecule has 1 aliphatic heterocycles. The summed E-state index contributed by atoms with van der Waals surface area (Å²) in [6.45, 7) is 0. The zero-order valence-electron chi connectivity index (χ0n) is 18.4. The number of amides is 3. The number of carbonyl (C=O) groups excluding carboxylic acids is 4. The second-order valence-corrected chi connectivity index (χ2v) is 10.3. The molecule has 2 aliphatic carbocycles. The Morgan fingerprint density at radius 1 is 0.857 bits per heavy atom. The summed E-state index contributed by atoms with van der Waals surface area (Å²) in [5, 5.41) is 2.80. The predicted octanol–water partition coefficient (Wildman–Crippen LogP) is 5.04. The summed E-state index contributed by atoms with van der Waals surface area (Å²) in [5.41, 5.74) is 0.482. The van der Waals surface area contributed by atoms with Gasteiger partial charge in [-0.3, -0.25) is 19.2 Å². The van der Waals surface area contributed by atoms with Crippen molar-refractivity contribution in [2.24, 2.45) is 23.7 Å². The van der Waals surface area contributed by atoms with Crippen LogP contribution in [0.3, 0.4) is 0 Å².